The van der Waals surface area contributed by atoms with Crippen LogP contribution in [0.25, 0.3) is 11.3 Å². The number of benzene rings is 1. The summed E-state index contributed by atoms with van der Waals surface area (Å²) >= 11 is 6.19. The molecule has 160 valence electrons. The maximum absolute atomic E-state index is 12.5. The van der Waals surface area contributed by atoms with E-state index in [9.17, 15) is 9.59 Å². The number of carbonyl (C=O) groups is 2. The van der Waals surface area contributed by atoms with Crippen LogP contribution in [0.3, 0.4) is 0 Å². The van der Waals surface area contributed by atoms with Crippen molar-refractivity contribution in [2.24, 2.45) is 0 Å². The number of hydrogen-bond acceptors (Lipinski definition) is 5. The first-order valence-electron chi connectivity index (χ1n) is 10.3. The molecular formula is C23H23ClN4O3. The van der Waals surface area contributed by atoms with Crippen molar-refractivity contribution < 1.29 is 14.0 Å². The Morgan fingerprint density at radius 3 is 2.61 bits per heavy atom. The first-order valence-corrected chi connectivity index (χ1v) is 10.7. The Bertz CT molecular complexity index is 1050. The van der Waals surface area contributed by atoms with Crippen molar-refractivity contribution in [1.29, 1.82) is 0 Å². The van der Waals surface area contributed by atoms with Gasteiger partial charge in [-0.15, -0.1) is 0 Å². The minimum absolute atomic E-state index is 0.00499. The molecule has 0 radical (unpaired) electrons. The molecule has 31 heavy (non-hydrogen) atoms. The zero-order chi connectivity index (χ0) is 21.6. The van der Waals surface area contributed by atoms with Gasteiger partial charge in [-0.2, -0.15) is 0 Å². The van der Waals surface area contributed by atoms with Crippen LogP contribution in [0, 0.1) is 0 Å². The fraction of sp³-hybridized carbons (Fsp3) is 0.304. The van der Waals surface area contributed by atoms with Crippen molar-refractivity contribution in [3.63, 3.8) is 0 Å². The Labute approximate surface area is 185 Å². The van der Waals surface area contributed by atoms with Crippen molar-refractivity contribution in [3.8, 4) is 11.3 Å². The van der Waals surface area contributed by atoms with Crippen molar-refractivity contribution in [3.05, 3.63) is 71.5 Å². The first kappa shape index (κ1) is 21.1. The number of rotatable bonds is 6. The average Bonchev–Trinajstić information content (AvgIpc) is 3.27. The monoisotopic (exact) mass is 438 g/mol. The number of amides is 2. The molecule has 2 amide bonds. The van der Waals surface area contributed by atoms with E-state index in [2.05, 4.69) is 15.3 Å². The van der Waals surface area contributed by atoms with Crippen LogP contribution >= 0.6 is 11.6 Å². The molecule has 0 atom stereocenters. The molecule has 8 heteroatoms. The van der Waals surface area contributed by atoms with Gasteiger partial charge in [0.25, 0.3) is 5.91 Å². The number of carbonyl (C=O) groups excluding carboxylic acids is 2. The van der Waals surface area contributed by atoms with Crippen LogP contribution < -0.4 is 5.32 Å². The van der Waals surface area contributed by atoms with Crippen molar-refractivity contribution in [1.82, 2.24) is 20.2 Å². The highest BCUT2D eigenvalue weighted by atomic mass is 35.5. The molecule has 4 rings (SSSR count). The molecule has 3 heterocycles. The number of pyridine rings is 1. The molecule has 1 N–H and O–H groups in total. The number of oxazole rings is 1. The number of piperidine rings is 1. The van der Waals surface area contributed by atoms with Crippen LogP contribution in [0.15, 0.2) is 59.4 Å². The second-order valence-corrected chi connectivity index (χ2v) is 7.88. The van der Waals surface area contributed by atoms with Crippen LogP contribution in [0.4, 0.5) is 0 Å². The molecule has 0 spiro atoms. The first-order chi connectivity index (χ1) is 15.1. The molecule has 1 fully saturated rings. The summed E-state index contributed by atoms with van der Waals surface area (Å²) in [6.45, 7) is 1.24. The molecular weight excluding hydrogens is 416 g/mol. The third-order valence-corrected chi connectivity index (χ3v) is 5.66. The molecule has 0 bridgehead atoms. The second kappa shape index (κ2) is 9.75. The number of aryl methyl sites for hydroxylation is 1. The summed E-state index contributed by atoms with van der Waals surface area (Å²) < 4.78 is 5.75. The Balaban J connectivity index is 1.22. The predicted octanol–water partition coefficient (Wildman–Crippen LogP) is 3.74. The van der Waals surface area contributed by atoms with E-state index in [4.69, 9.17) is 16.0 Å². The van der Waals surface area contributed by atoms with Crippen LogP contribution in [0.1, 0.15) is 35.5 Å². The van der Waals surface area contributed by atoms with Crippen molar-refractivity contribution in [2.45, 2.75) is 31.7 Å². The normalized spacial score (nSPS) is 14.4. The molecule has 1 aliphatic heterocycles. The summed E-state index contributed by atoms with van der Waals surface area (Å²) in [5.74, 6) is 1.05. The number of aromatic nitrogens is 2. The smallest absolute Gasteiger partial charge is 0.253 e. The highest BCUT2D eigenvalue weighted by Gasteiger charge is 2.24. The molecule has 0 saturated carbocycles. The predicted molar refractivity (Wildman–Crippen MR) is 117 cm³/mol. The Morgan fingerprint density at radius 1 is 1.13 bits per heavy atom. The number of nitrogens with one attached hydrogen (secondary N) is 1. The SMILES string of the molecule is O=C(CCc1ncc(-c2ccccc2Cl)o1)NC1CCN(C(=O)c2ccncc2)CC1. The molecule has 1 saturated heterocycles. The summed E-state index contributed by atoms with van der Waals surface area (Å²) in [6, 6.07) is 10.9. The molecule has 1 aliphatic rings. The van der Waals surface area contributed by atoms with Crippen molar-refractivity contribution >= 4 is 23.4 Å². The van der Waals surface area contributed by atoms with Crippen LogP contribution in [0.5, 0.6) is 0 Å². The van der Waals surface area contributed by atoms with Gasteiger partial charge < -0.3 is 14.6 Å². The maximum atomic E-state index is 12.5. The summed E-state index contributed by atoms with van der Waals surface area (Å²) in [5, 5.41) is 3.65. The average molecular weight is 439 g/mol. The zero-order valence-electron chi connectivity index (χ0n) is 17.0. The third-order valence-electron chi connectivity index (χ3n) is 5.33. The summed E-state index contributed by atoms with van der Waals surface area (Å²) in [7, 11) is 0. The number of halogens is 1. The fourth-order valence-electron chi connectivity index (χ4n) is 3.64. The van der Waals surface area contributed by atoms with Gasteiger partial charge in [0, 0.05) is 55.5 Å². The summed E-state index contributed by atoms with van der Waals surface area (Å²) in [5.41, 5.74) is 1.42. The molecule has 0 aliphatic carbocycles. The van der Waals surface area contributed by atoms with Crippen LogP contribution in [-0.4, -0.2) is 45.8 Å². The van der Waals surface area contributed by atoms with Gasteiger partial charge in [0.1, 0.15) is 0 Å². The lowest BCUT2D eigenvalue weighted by molar-refractivity contribution is -0.122. The maximum Gasteiger partial charge on any atom is 0.253 e. The summed E-state index contributed by atoms with van der Waals surface area (Å²) in [4.78, 5) is 34.9. The van der Waals surface area contributed by atoms with E-state index in [-0.39, 0.29) is 17.9 Å². The van der Waals surface area contributed by atoms with Gasteiger partial charge >= 0.3 is 0 Å². The van der Waals surface area contributed by atoms with E-state index in [0.717, 1.165) is 18.4 Å². The highest BCUT2D eigenvalue weighted by molar-refractivity contribution is 6.33. The lowest BCUT2D eigenvalue weighted by Gasteiger charge is -2.32. The minimum Gasteiger partial charge on any atom is -0.441 e. The van der Waals surface area contributed by atoms with Crippen LogP contribution in [-0.2, 0) is 11.2 Å². The molecule has 2 aromatic heterocycles. The topological polar surface area (TPSA) is 88.3 Å². The Kier molecular flexibility index (Phi) is 6.62. The largest absolute Gasteiger partial charge is 0.441 e. The Hall–Kier alpha value is -3.19. The standard InChI is InChI=1S/C23H23ClN4O3/c24-19-4-2-1-3-18(19)20-15-26-22(31-20)6-5-21(29)27-17-9-13-28(14-10-17)23(30)16-7-11-25-12-8-16/h1-4,7-8,11-12,15,17H,5-6,9-10,13-14H2,(H,27,29). The third kappa shape index (κ3) is 5.30. The molecule has 0 unspecified atom stereocenters. The van der Waals surface area contributed by atoms with E-state index in [1.54, 1.807) is 36.8 Å². The Morgan fingerprint density at radius 2 is 1.87 bits per heavy atom. The van der Waals surface area contributed by atoms with E-state index in [0.29, 0.717) is 48.2 Å². The van der Waals surface area contributed by atoms with Gasteiger partial charge in [0.2, 0.25) is 5.91 Å². The number of likely N-dealkylation sites (tertiary alicyclic amines) is 1. The second-order valence-electron chi connectivity index (χ2n) is 7.47. The van der Waals surface area contributed by atoms with Crippen molar-refractivity contribution in [2.75, 3.05) is 13.1 Å². The van der Waals surface area contributed by atoms with E-state index in [1.807, 2.05) is 23.1 Å². The van der Waals surface area contributed by atoms with Gasteiger partial charge in [-0.05, 0) is 37.1 Å². The van der Waals surface area contributed by atoms with E-state index in [1.165, 1.54) is 0 Å². The van der Waals surface area contributed by atoms with Gasteiger partial charge in [-0.3, -0.25) is 14.6 Å². The van der Waals surface area contributed by atoms with E-state index >= 15 is 0 Å². The zero-order valence-corrected chi connectivity index (χ0v) is 17.7. The molecule has 3 aromatic rings. The van der Waals surface area contributed by atoms with Gasteiger partial charge in [0.05, 0.1) is 11.2 Å². The van der Waals surface area contributed by atoms with Gasteiger partial charge in [-0.1, -0.05) is 23.7 Å². The van der Waals surface area contributed by atoms with Gasteiger partial charge in [0.15, 0.2) is 11.7 Å². The molecule has 1 aromatic carbocycles. The highest BCUT2D eigenvalue weighted by Crippen LogP contribution is 2.28. The summed E-state index contributed by atoms with van der Waals surface area (Å²) in [6.07, 6.45) is 7.03. The lowest BCUT2D eigenvalue weighted by Crippen LogP contribution is -2.46. The fourth-order valence-corrected chi connectivity index (χ4v) is 3.86. The molecule has 7 nitrogen and oxygen atoms in total. The van der Waals surface area contributed by atoms with Crippen LogP contribution in [0.2, 0.25) is 5.02 Å². The minimum atomic E-state index is -0.0450. The van der Waals surface area contributed by atoms with Gasteiger partial charge in [-0.25, -0.2) is 4.98 Å². The van der Waals surface area contributed by atoms with E-state index < -0.39 is 0 Å². The number of nitrogens with zero attached hydrogens (tertiary/aromatic N) is 3. The number of hydrogen-bond donors (Lipinski definition) is 1. The quantitative estimate of drug-likeness (QED) is 0.633. The lowest BCUT2D eigenvalue weighted by atomic mass is 10.0.